The molecule has 2 aromatic rings. The van der Waals surface area contributed by atoms with Crippen molar-refractivity contribution in [2.45, 2.75) is 45.1 Å². The van der Waals surface area contributed by atoms with Gasteiger partial charge in [-0.15, -0.1) is 0 Å². The highest BCUT2D eigenvalue weighted by Gasteiger charge is 2.25. The molecule has 1 aliphatic rings. The van der Waals surface area contributed by atoms with Crippen LogP contribution in [0.15, 0.2) is 30.5 Å². The second kappa shape index (κ2) is 6.20. The van der Waals surface area contributed by atoms with Gasteiger partial charge in [-0.2, -0.15) is 5.10 Å². The third kappa shape index (κ3) is 3.14. The molecule has 0 bridgehead atoms. The van der Waals surface area contributed by atoms with E-state index in [1.165, 1.54) is 19.3 Å². The lowest BCUT2D eigenvalue weighted by atomic mass is 9.83. The van der Waals surface area contributed by atoms with Gasteiger partial charge in [0.05, 0.1) is 17.5 Å². The summed E-state index contributed by atoms with van der Waals surface area (Å²) in [5.74, 6) is 0.375. The lowest BCUT2D eigenvalue weighted by Crippen LogP contribution is -2.16. The molecule has 0 amide bonds. The smallest absolute Gasteiger partial charge is 0.0851 e. The number of hydrogen-bond donors (Lipinski definition) is 1. The number of aryl methyl sites for hydroxylation is 1. The standard InChI is InChI=1S/C17H21ClN2O/c1-12-16(17(21)13-5-3-2-4-6-13)11-20(19-12)15-9-7-14(18)8-10-15/h7-11,13,17,21H,2-6H2,1H3. The molecule has 1 atom stereocenters. The van der Waals surface area contributed by atoms with Gasteiger partial charge < -0.3 is 5.11 Å². The van der Waals surface area contributed by atoms with Gasteiger partial charge in [0.25, 0.3) is 0 Å². The number of aromatic nitrogens is 2. The molecular weight excluding hydrogens is 284 g/mol. The maximum atomic E-state index is 10.7. The topological polar surface area (TPSA) is 38.0 Å². The minimum Gasteiger partial charge on any atom is -0.388 e. The largest absolute Gasteiger partial charge is 0.388 e. The van der Waals surface area contributed by atoms with Crippen molar-refractivity contribution in [3.05, 3.63) is 46.7 Å². The number of hydrogen-bond acceptors (Lipinski definition) is 2. The van der Waals surface area contributed by atoms with E-state index in [1.807, 2.05) is 42.1 Å². The van der Waals surface area contributed by atoms with Gasteiger partial charge in [0.2, 0.25) is 0 Å². The Morgan fingerprint density at radius 3 is 2.52 bits per heavy atom. The molecule has 0 spiro atoms. The van der Waals surface area contributed by atoms with Crippen molar-refractivity contribution in [3.8, 4) is 5.69 Å². The van der Waals surface area contributed by atoms with E-state index in [0.29, 0.717) is 10.9 Å². The molecular formula is C17H21ClN2O. The van der Waals surface area contributed by atoms with Gasteiger partial charge in [-0.3, -0.25) is 0 Å². The Kier molecular flexibility index (Phi) is 4.32. The number of nitrogens with zero attached hydrogens (tertiary/aromatic N) is 2. The molecule has 1 saturated carbocycles. The summed E-state index contributed by atoms with van der Waals surface area (Å²) in [4.78, 5) is 0. The van der Waals surface area contributed by atoms with Crippen LogP contribution in [-0.4, -0.2) is 14.9 Å². The van der Waals surface area contributed by atoms with Crippen LogP contribution in [0.25, 0.3) is 5.69 Å². The fourth-order valence-electron chi connectivity index (χ4n) is 3.19. The van der Waals surface area contributed by atoms with Gasteiger partial charge in [-0.1, -0.05) is 30.9 Å². The molecule has 1 aliphatic carbocycles. The average Bonchev–Trinajstić information content (AvgIpc) is 2.90. The van der Waals surface area contributed by atoms with Crippen LogP contribution in [0.2, 0.25) is 5.02 Å². The van der Waals surface area contributed by atoms with Crippen LogP contribution in [0.3, 0.4) is 0 Å². The summed E-state index contributed by atoms with van der Waals surface area (Å²) >= 11 is 5.92. The average molecular weight is 305 g/mol. The highest BCUT2D eigenvalue weighted by Crippen LogP contribution is 2.35. The maximum absolute atomic E-state index is 10.7. The van der Waals surface area contributed by atoms with Crippen LogP contribution < -0.4 is 0 Å². The molecule has 1 aromatic carbocycles. The first kappa shape index (κ1) is 14.6. The Morgan fingerprint density at radius 2 is 1.86 bits per heavy atom. The van der Waals surface area contributed by atoms with E-state index in [9.17, 15) is 5.11 Å². The Bertz CT molecular complexity index is 600. The molecule has 1 N–H and O–H groups in total. The zero-order valence-electron chi connectivity index (χ0n) is 12.3. The predicted octanol–water partition coefficient (Wildman–Crippen LogP) is 4.45. The summed E-state index contributed by atoms with van der Waals surface area (Å²) in [6, 6.07) is 7.58. The van der Waals surface area contributed by atoms with Crippen molar-refractivity contribution in [1.29, 1.82) is 0 Å². The lowest BCUT2D eigenvalue weighted by molar-refractivity contribution is 0.0843. The van der Waals surface area contributed by atoms with Crippen molar-refractivity contribution < 1.29 is 5.11 Å². The van der Waals surface area contributed by atoms with E-state index in [4.69, 9.17) is 11.6 Å². The molecule has 1 heterocycles. The van der Waals surface area contributed by atoms with E-state index in [0.717, 1.165) is 29.8 Å². The summed E-state index contributed by atoms with van der Waals surface area (Å²) in [5.41, 5.74) is 2.82. The normalized spacial score (nSPS) is 17.9. The molecule has 21 heavy (non-hydrogen) atoms. The van der Waals surface area contributed by atoms with Crippen molar-refractivity contribution in [2.75, 3.05) is 0 Å². The van der Waals surface area contributed by atoms with Crippen molar-refractivity contribution in [3.63, 3.8) is 0 Å². The Balaban J connectivity index is 1.85. The Hall–Kier alpha value is -1.32. The van der Waals surface area contributed by atoms with Gasteiger partial charge in [0.15, 0.2) is 0 Å². The van der Waals surface area contributed by atoms with Crippen LogP contribution >= 0.6 is 11.6 Å². The Morgan fingerprint density at radius 1 is 1.19 bits per heavy atom. The molecule has 0 saturated heterocycles. The molecule has 3 nitrogen and oxygen atoms in total. The highest BCUT2D eigenvalue weighted by atomic mass is 35.5. The fraction of sp³-hybridized carbons (Fsp3) is 0.471. The fourth-order valence-corrected chi connectivity index (χ4v) is 3.32. The third-order valence-electron chi connectivity index (χ3n) is 4.44. The van der Waals surface area contributed by atoms with Crippen LogP contribution in [-0.2, 0) is 0 Å². The molecule has 1 fully saturated rings. The van der Waals surface area contributed by atoms with Crippen LogP contribution in [0.4, 0.5) is 0 Å². The minimum absolute atomic E-state index is 0.375. The van der Waals surface area contributed by atoms with E-state index in [-0.39, 0.29) is 0 Å². The number of benzene rings is 1. The summed E-state index contributed by atoms with van der Waals surface area (Å²) in [5, 5.41) is 15.9. The lowest BCUT2D eigenvalue weighted by Gasteiger charge is -2.26. The maximum Gasteiger partial charge on any atom is 0.0851 e. The minimum atomic E-state index is -0.397. The van der Waals surface area contributed by atoms with E-state index < -0.39 is 6.10 Å². The number of rotatable bonds is 3. The van der Waals surface area contributed by atoms with Gasteiger partial charge in [-0.05, 0) is 49.9 Å². The molecule has 3 rings (SSSR count). The highest BCUT2D eigenvalue weighted by molar-refractivity contribution is 6.30. The van der Waals surface area contributed by atoms with Crippen LogP contribution in [0.1, 0.15) is 49.5 Å². The molecule has 1 aromatic heterocycles. The van der Waals surface area contributed by atoms with Crippen LogP contribution in [0, 0.1) is 12.8 Å². The molecule has 112 valence electrons. The summed E-state index contributed by atoms with van der Waals surface area (Å²) in [6.07, 6.45) is 7.55. The van der Waals surface area contributed by atoms with Gasteiger partial charge in [-0.25, -0.2) is 4.68 Å². The van der Waals surface area contributed by atoms with Crippen LogP contribution in [0.5, 0.6) is 0 Å². The molecule has 4 heteroatoms. The van der Waals surface area contributed by atoms with Gasteiger partial charge >= 0.3 is 0 Å². The number of aliphatic hydroxyl groups excluding tert-OH is 1. The predicted molar refractivity (Wildman–Crippen MR) is 84.8 cm³/mol. The quantitative estimate of drug-likeness (QED) is 0.910. The van der Waals surface area contributed by atoms with Gasteiger partial charge in [0, 0.05) is 16.8 Å². The number of aliphatic hydroxyl groups is 1. The monoisotopic (exact) mass is 304 g/mol. The molecule has 0 aliphatic heterocycles. The van der Waals surface area contributed by atoms with Crippen molar-refractivity contribution in [1.82, 2.24) is 9.78 Å². The van der Waals surface area contributed by atoms with E-state index in [2.05, 4.69) is 5.10 Å². The zero-order valence-corrected chi connectivity index (χ0v) is 13.1. The first-order valence-corrected chi connectivity index (χ1v) is 8.03. The SMILES string of the molecule is Cc1nn(-c2ccc(Cl)cc2)cc1C(O)C1CCCCC1. The summed E-state index contributed by atoms with van der Waals surface area (Å²) in [6.45, 7) is 1.97. The van der Waals surface area contributed by atoms with E-state index >= 15 is 0 Å². The molecule has 0 radical (unpaired) electrons. The Labute approximate surface area is 130 Å². The van der Waals surface area contributed by atoms with Crippen molar-refractivity contribution >= 4 is 11.6 Å². The zero-order chi connectivity index (χ0) is 14.8. The first-order chi connectivity index (χ1) is 10.1. The van der Waals surface area contributed by atoms with Gasteiger partial charge in [0.1, 0.15) is 0 Å². The second-order valence-corrected chi connectivity index (χ2v) is 6.37. The summed E-state index contributed by atoms with van der Waals surface area (Å²) in [7, 11) is 0. The molecule has 1 unspecified atom stereocenters. The number of halogens is 1. The van der Waals surface area contributed by atoms with E-state index in [1.54, 1.807) is 0 Å². The second-order valence-electron chi connectivity index (χ2n) is 5.93. The third-order valence-corrected chi connectivity index (χ3v) is 4.70. The summed E-state index contributed by atoms with van der Waals surface area (Å²) < 4.78 is 1.83. The first-order valence-electron chi connectivity index (χ1n) is 7.65. The van der Waals surface area contributed by atoms with Crippen molar-refractivity contribution in [2.24, 2.45) is 5.92 Å².